The first-order valence-corrected chi connectivity index (χ1v) is 10.9. The molecule has 0 aliphatic heterocycles. The summed E-state index contributed by atoms with van der Waals surface area (Å²) in [5.74, 6) is 1.38. The summed E-state index contributed by atoms with van der Waals surface area (Å²) in [5.41, 5.74) is 7.42. The number of nitrogens with zero attached hydrogens (tertiary/aromatic N) is 1. The zero-order valence-corrected chi connectivity index (χ0v) is 18.8. The monoisotopic (exact) mass is 425 g/mol. The summed E-state index contributed by atoms with van der Waals surface area (Å²) in [4.78, 5) is 0. The van der Waals surface area contributed by atoms with Crippen molar-refractivity contribution in [1.29, 1.82) is 0 Å². The Morgan fingerprint density at radius 1 is 1.10 bits per heavy atom. The van der Waals surface area contributed by atoms with Crippen LogP contribution in [0.3, 0.4) is 0 Å². The molecule has 0 atom stereocenters. The van der Waals surface area contributed by atoms with Crippen LogP contribution in [0, 0.1) is 13.8 Å². The lowest BCUT2D eigenvalue weighted by Gasteiger charge is -2.23. The van der Waals surface area contributed by atoms with Gasteiger partial charge in [-0.2, -0.15) is 5.10 Å². The van der Waals surface area contributed by atoms with E-state index >= 15 is 0 Å². The number of benzene rings is 2. The number of rotatable bonds is 7. The molecule has 0 aromatic heterocycles. The first-order valence-electron chi connectivity index (χ1n) is 10.5. The maximum absolute atomic E-state index is 6.02. The van der Waals surface area contributed by atoms with Gasteiger partial charge in [0.05, 0.1) is 13.3 Å². The number of methoxy groups -OCH3 is 1. The van der Waals surface area contributed by atoms with Crippen LogP contribution in [0.4, 0.5) is 0 Å². The highest BCUT2D eigenvalue weighted by atomic mass is 32.1. The average Bonchev–Trinajstić information content (AvgIpc) is 2.75. The number of hydrogen-bond acceptors (Lipinski definition) is 4. The van der Waals surface area contributed by atoms with Crippen LogP contribution in [0.5, 0.6) is 11.5 Å². The Kier molecular flexibility index (Phi) is 8.08. The van der Waals surface area contributed by atoms with Crippen LogP contribution < -0.4 is 20.2 Å². The van der Waals surface area contributed by atoms with Gasteiger partial charge in [0.25, 0.3) is 0 Å². The quantitative estimate of drug-likeness (QED) is 0.371. The van der Waals surface area contributed by atoms with E-state index in [2.05, 4.69) is 47.9 Å². The van der Waals surface area contributed by atoms with E-state index in [-0.39, 0.29) is 0 Å². The highest BCUT2D eigenvalue weighted by Crippen LogP contribution is 2.28. The third kappa shape index (κ3) is 6.46. The first-order chi connectivity index (χ1) is 14.5. The molecular weight excluding hydrogens is 394 g/mol. The maximum atomic E-state index is 6.02. The molecule has 0 radical (unpaired) electrons. The van der Waals surface area contributed by atoms with E-state index in [0.717, 1.165) is 5.56 Å². The van der Waals surface area contributed by atoms with E-state index in [1.807, 2.05) is 18.2 Å². The van der Waals surface area contributed by atoms with E-state index in [1.54, 1.807) is 13.3 Å². The predicted molar refractivity (Wildman–Crippen MR) is 127 cm³/mol. The summed E-state index contributed by atoms with van der Waals surface area (Å²) in [6.45, 7) is 4.68. The van der Waals surface area contributed by atoms with Crippen LogP contribution in [0.15, 0.2) is 41.5 Å². The lowest BCUT2D eigenvalue weighted by Crippen LogP contribution is -2.40. The highest BCUT2D eigenvalue weighted by molar-refractivity contribution is 7.80. The summed E-state index contributed by atoms with van der Waals surface area (Å²) >= 11 is 5.34. The molecule has 5 nitrogen and oxygen atoms in total. The van der Waals surface area contributed by atoms with Crippen molar-refractivity contribution in [2.45, 2.75) is 58.6 Å². The second-order valence-corrected chi connectivity index (χ2v) is 8.22. The van der Waals surface area contributed by atoms with Gasteiger partial charge in [0.15, 0.2) is 16.6 Å². The third-order valence-electron chi connectivity index (χ3n) is 5.40. The average molecular weight is 426 g/mol. The Hall–Kier alpha value is -2.60. The van der Waals surface area contributed by atoms with Gasteiger partial charge < -0.3 is 14.8 Å². The Morgan fingerprint density at radius 3 is 2.67 bits per heavy atom. The van der Waals surface area contributed by atoms with Gasteiger partial charge >= 0.3 is 0 Å². The third-order valence-corrected chi connectivity index (χ3v) is 5.60. The topological polar surface area (TPSA) is 54.9 Å². The lowest BCUT2D eigenvalue weighted by molar-refractivity contribution is 0.284. The largest absolute Gasteiger partial charge is 0.493 e. The van der Waals surface area contributed by atoms with Crippen molar-refractivity contribution in [3.05, 3.63) is 58.7 Å². The van der Waals surface area contributed by atoms with Crippen molar-refractivity contribution in [2.24, 2.45) is 5.10 Å². The fourth-order valence-corrected chi connectivity index (χ4v) is 3.84. The zero-order chi connectivity index (χ0) is 21.3. The normalized spacial score (nSPS) is 14.5. The SMILES string of the molecule is COc1cc(/C=N\NC(=S)NC2CCCCC2)ccc1OCc1cc(C)ccc1C. The summed E-state index contributed by atoms with van der Waals surface area (Å²) in [6, 6.07) is 12.6. The molecule has 0 heterocycles. The molecule has 2 N–H and O–H groups in total. The summed E-state index contributed by atoms with van der Waals surface area (Å²) in [6.07, 6.45) is 7.93. The molecule has 1 fully saturated rings. The fraction of sp³-hybridized carbons (Fsp3) is 0.417. The molecule has 30 heavy (non-hydrogen) atoms. The van der Waals surface area contributed by atoms with Crippen molar-refractivity contribution in [1.82, 2.24) is 10.7 Å². The molecule has 0 amide bonds. The second-order valence-electron chi connectivity index (χ2n) is 7.81. The first kappa shape index (κ1) is 22.1. The molecule has 0 unspecified atom stereocenters. The molecule has 160 valence electrons. The van der Waals surface area contributed by atoms with Gasteiger partial charge in [0.1, 0.15) is 6.61 Å². The molecule has 0 saturated heterocycles. The summed E-state index contributed by atoms with van der Waals surface area (Å²) in [7, 11) is 1.64. The molecule has 3 rings (SSSR count). The number of thiocarbonyl (C=S) groups is 1. The van der Waals surface area contributed by atoms with Crippen molar-refractivity contribution < 1.29 is 9.47 Å². The van der Waals surface area contributed by atoms with Crippen LogP contribution in [0.1, 0.15) is 54.4 Å². The van der Waals surface area contributed by atoms with Gasteiger partial charge in [-0.3, -0.25) is 5.43 Å². The van der Waals surface area contributed by atoms with Gasteiger partial charge in [0, 0.05) is 6.04 Å². The lowest BCUT2D eigenvalue weighted by atomic mass is 9.96. The maximum Gasteiger partial charge on any atom is 0.187 e. The Morgan fingerprint density at radius 2 is 1.90 bits per heavy atom. The van der Waals surface area contributed by atoms with Crippen molar-refractivity contribution in [3.63, 3.8) is 0 Å². The number of aryl methyl sites for hydroxylation is 2. The number of nitrogens with one attached hydrogen (secondary N) is 2. The smallest absolute Gasteiger partial charge is 0.187 e. The Balaban J connectivity index is 1.56. The van der Waals surface area contributed by atoms with E-state index in [1.165, 1.54) is 48.8 Å². The van der Waals surface area contributed by atoms with Crippen molar-refractivity contribution >= 4 is 23.5 Å². The van der Waals surface area contributed by atoms with Crippen LogP contribution in [-0.2, 0) is 6.61 Å². The minimum atomic E-state index is 0.461. The Bertz CT molecular complexity index is 892. The predicted octanol–water partition coefficient (Wildman–Crippen LogP) is 5.02. The molecule has 1 saturated carbocycles. The number of hydrazone groups is 1. The van der Waals surface area contributed by atoms with Gasteiger partial charge in [-0.15, -0.1) is 0 Å². The van der Waals surface area contributed by atoms with E-state index in [0.29, 0.717) is 29.3 Å². The van der Waals surface area contributed by atoms with Gasteiger partial charge in [0.2, 0.25) is 0 Å². The molecular formula is C24H31N3O2S. The molecule has 2 aromatic rings. The van der Waals surface area contributed by atoms with Crippen LogP contribution in [0.2, 0.25) is 0 Å². The van der Waals surface area contributed by atoms with Gasteiger partial charge in [-0.1, -0.05) is 43.0 Å². The Labute approximate surface area is 184 Å². The van der Waals surface area contributed by atoms with Crippen LogP contribution in [0.25, 0.3) is 0 Å². The molecule has 1 aliphatic rings. The molecule has 0 spiro atoms. The standard InChI is InChI=1S/C24H31N3O2S/c1-17-9-10-18(2)20(13-17)16-29-22-12-11-19(14-23(22)28-3)15-25-27-24(30)26-21-7-5-4-6-8-21/h9-15,21H,4-8,16H2,1-3H3,(H2,26,27,30)/b25-15-. The van der Waals surface area contributed by atoms with Gasteiger partial charge in [-0.25, -0.2) is 0 Å². The van der Waals surface area contributed by atoms with E-state index in [9.17, 15) is 0 Å². The van der Waals surface area contributed by atoms with Crippen LogP contribution in [-0.4, -0.2) is 24.5 Å². The van der Waals surface area contributed by atoms with Gasteiger partial charge in [-0.05, 0) is 73.8 Å². The highest BCUT2D eigenvalue weighted by Gasteiger charge is 2.13. The van der Waals surface area contributed by atoms with E-state index < -0.39 is 0 Å². The molecule has 6 heteroatoms. The second kappa shape index (κ2) is 11.0. The molecule has 1 aliphatic carbocycles. The molecule has 0 bridgehead atoms. The minimum Gasteiger partial charge on any atom is -0.493 e. The summed E-state index contributed by atoms with van der Waals surface area (Å²) < 4.78 is 11.5. The fourth-order valence-electron chi connectivity index (χ4n) is 3.63. The van der Waals surface area contributed by atoms with E-state index in [4.69, 9.17) is 21.7 Å². The number of hydrogen-bond donors (Lipinski definition) is 2. The summed E-state index contributed by atoms with van der Waals surface area (Å²) in [5, 5.41) is 8.16. The molecule has 2 aromatic carbocycles. The van der Waals surface area contributed by atoms with Crippen molar-refractivity contribution in [3.8, 4) is 11.5 Å². The zero-order valence-electron chi connectivity index (χ0n) is 18.0. The van der Waals surface area contributed by atoms with Crippen LogP contribution >= 0.6 is 12.2 Å². The minimum absolute atomic E-state index is 0.461. The van der Waals surface area contributed by atoms with Crippen molar-refractivity contribution in [2.75, 3.05) is 7.11 Å². The number of ether oxygens (including phenoxy) is 2.